The number of alkyl carbamates (subject to hydrolysis) is 4. The summed E-state index contributed by atoms with van der Waals surface area (Å²) < 4.78 is 18.8. The Morgan fingerprint density at radius 2 is 0.606 bits per heavy atom. The first-order valence-corrected chi connectivity index (χ1v) is 35.1. The van der Waals surface area contributed by atoms with Crippen molar-refractivity contribution in [1.82, 2.24) is 101 Å². The summed E-state index contributed by atoms with van der Waals surface area (Å²) in [4.78, 5) is 158. The molecule has 4 saturated heterocycles. The molecule has 32 nitrogen and oxygen atoms in total. The molecule has 2 saturated carbocycles. The van der Waals surface area contributed by atoms with E-state index >= 15 is 0 Å². The standard InChI is InChI=1S/C38H44N10O6.C34H40N10O6/c1-53-37(51)45-30(22-9-10-22)35(49)47-15-3-5-28(47)33-41-19-26(43-33)21-7-13-24(14-8-21)32-39-17-25(18-40-32)27-20-42-34(44-27)29-6-4-16-48(29)36(50)31(23-11-12-23)46-38(52)54-2;1-19(39-33(47)49-3)31(45)43-13-5-7-26(43)29-37-17-24(41-29)21-9-11-22(12-10-21)28-35-15-23(16-36-28)25-18-38-30(42-25)27-8-6-14-44(27)32(46)20(2)40-34(48)50-4/h7-8,13-14,17-20,22-23,28-31H,3-6,9-12,15-16H2,1-2H3,(H,41,43)(H,42,44)(H,45,51)(H,46,52);9-12,15-20,26-27H,5-8,13-14H2,1-4H3,(H,37,41)(H,38,42)(H,39,47)(H,40,48)/t28-,29-,30-,31-;19-,20-,26-,27-/m00/s1. The maximum atomic E-state index is 13.5. The third-order valence-electron chi connectivity index (χ3n) is 20.0. The van der Waals surface area contributed by atoms with Gasteiger partial charge >= 0.3 is 24.4 Å². The molecule has 0 radical (unpaired) electrons. The molecule has 6 aromatic heterocycles. The lowest BCUT2D eigenvalue weighted by atomic mass is 10.1. The molecule has 2 aromatic carbocycles. The third-order valence-corrected chi connectivity index (χ3v) is 20.0. The van der Waals surface area contributed by atoms with Crippen molar-refractivity contribution in [3.63, 3.8) is 0 Å². The molecule has 8 atom stereocenters. The maximum Gasteiger partial charge on any atom is 0.407 e. The van der Waals surface area contributed by atoms with Gasteiger partial charge in [-0.3, -0.25) is 19.2 Å². The molecule has 6 aliphatic rings. The number of amides is 8. The lowest BCUT2D eigenvalue weighted by molar-refractivity contribution is -0.135. The van der Waals surface area contributed by atoms with Gasteiger partial charge < -0.3 is 79.8 Å². The normalized spacial score (nSPS) is 19.6. The monoisotopic (exact) mass is 1420 g/mol. The smallest absolute Gasteiger partial charge is 0.407 e. The zero-order valence-electron chi connectivity index (χ0n) is 58.6. The van der Waals surface area contributed by atoms with Gasteiger partial charge in [0.2, 0.25) is 23.6 Å². The van der Waals surface area contributed by atoms with Crippen LogP contribution in [0.2, 0.25) is 0 Å². The van der Waals surface area contributed by atoms with E-state index in [0.29, 0.717) is 55.3 Å². The second-order valence-electron chi connectivity index (χ2n) is 26.8. The predicted molar refractivity (Wildman–Crippen MR) is 374 cm³/mol. The van der Waals surface area contributed by atoms with Crippen LogP contribution in [-0.4, -0.2) is 206 Å². The first-order chi connectivity index (χ1) is 50.5. The molecule has 0 bridgehead atoms. The van der Waals surface area contributed by atoms with E-state index in [1.54, 1.807) is 73.2 Å². The molecule has 0 spiro atoms. The number of H-pyrrole nitrogens is 4. The Hall–Kier alpha value is -11.6. The van der Waals surface area contributed by atoms with E-state index in [0.717, 1.165) is 139 Å². The quantitative estimate of drug-likeness (QED) is 0.0333. The van der Waals surface area contributed by atoms with Crippen LogP contribution >= 0.6 is 0 Å². The van der Waals surface area contributed by atoms with Crippen LogP contribution in [0.15, 0.2) is 98.1 Å². The summed E-state index contributed by atoms with van der Waals surface area (Å²) in [7, 11) is 5.12. The molecule has 10 heterocycles. The number of carbonyl (C=O) groups excluding carboxylic acids is 8. The highest BCUT2D eigenvalue weighted by Crippen LogP contribution is 2.41. The van der Waals surface area contributed by atoms with E-state index < -0.39 is 48.5 Å². The van der Waals surface area contributed by atoms with Gasteiger partial charge in [-0.15, -0.1) is 0 Å². The average molecular weight is 1420 g/mol. The SMILES string of the molecule is COC(=O)N[C@@H](C)C(=O)N1CCC[C@H]1c1ncc(-c2ccc(-c3ncc(-c4cnc([C@@H]5CCCN5C(=O)[C@H](C)NC(=O)OC)[nH]4)cn3)cc2)[nH]1.COC(=O)N[C@H](C(=O)N1CCC[C@H]1c1ncc(-c2ccc(-c3ncc(-c4cnc([C@@H]5CCCN5C(=O)[C@@H](NC(=O)OC)C5CC5)[nH]4)cn3)cc2)[nH]1)C1CC1. The zero-order valence-corrected chi connectivity index (χ0v) is 58.6. The lowest BCUT2D eigenvalue weighted by Crippen LogP contribution is -2.49. The van der Waals surface area contributed by atoms with Gasteiger partial charge in [-0.05, 0) is 114 Å². The number of hydrogen-bond acceptors (Lipinski definition) is 20. The van der Waals surface area contributed by atoms with E-state index in [1.165, 1.54) is 28.4 Å². The van der Waals surface area contributed by atoms with Gasteiger partial charge in [-0.1, -0.05) is 48.5 Å². The van der Waals surface area contributed by atoms with Crippen molar-refractivity contribution < 1.29 is 57.3 Å². The second-order valence-corrected chi connectivity index (χ2v) is 26.8. The molecule has 8 aromatic rings. The van der Waals surface area contributed by atoms with Gasteiger partial charge in [0.25, 0.3) is 0 Å². The van der Waals surface area contributed by atoms with E-state index in [1.807, 2.05) is 58.3 Å². The number of hydrogen-bond donors (Lipinski definition) is 8. The summed E-state index contributed by atoms with van der Waals surface area (Å²) in [5, 5.41) is 10.6. The minimum absolute atomic E-state index is 0.0904. The summed E-state index contributed by atoms with van der Waals surface area (Å²) in [5.41, 5.74) is 8.17. The van der Waals surface area contributed by atoms with Crippen molar-refractivity contribution in [3.8, 4) is 67.8 Å². The Morgan fingerprint density at radius 1 is 0.346 bits per heavy atom. The molecular formula is C72H84N20O12. The zero-order chi connectivity index (χ0) is 72.7. The summed E-state index contributed by atoms with van der Waals surface area (Å²) in [6.45, 7) is 5.64. The lowest BCUT2D eigenvalue weighted by Gasteiger charge is -2.28. The van der Waals surface area contributed by atoms with Crippen molar-refractivity contribution in [2.24, 2.45) is 11.8 Å². The van der Waals surface area contributed by atoms with Crippen molar-refractivity contribution >= 4 is 48.0 Å². The fraction of sp³-hybridized carbons (Fsp3) is 0.444. The fourth-order valence-corrected chi connectivity index (χ4v) is 14.1. The van der Waals surface area contributed by atoms with Crippen molar-refractivity contribution in [1.29, 1.82) is 0 Å². The topological polar surface area (TPSA) is 401 Å². The second kappa shape index (κ2) is 31.3. The Balaban J connectivity index is 0.000000185. The number of likely N-dealkylation sites (tertiary alicyclic amines) is 4. The summed E-state index contributed by atoms with van der Waals surface area (Å²) in [6, 6.07) is 12.2. The van der Waals surface area contributed by atoms with Gasteiger partial charge in [0, 0.05) is 73.2 Å². The molecule has 14 rings (SSSR count). The number of aromatic amines is 4. The Labute approximate surface area is 598 Å². The number of rotatable bonds is 20. The molecule has 32 heteroatoms. The van der Waals surface area contributed by atoms with E-state index in [4.69, 9.17) is 9.47 Å². The fourth-order valence-electron chi connectivity index (χ4n) is 14.1. The molecule has 2 aliphatic carbocycles. The highest BCUT2D eigenvalue weighted by Gasteiger charge is 2.45. The number of methoxy groups -OCH3 is 4. The van der Waals surface area contributed by atoms with Crippen LogP contribution in [-0.2, 0) is 38.1 Å². The number of nitrogens with one attached hydrogen (secondary N) is 8. The van der Waals surface area contributed by atoms with Crippen LogP contribution in [0.5, 0.6) is 0 Å². The van der Waals surface area contributed by atoms with Crippen LogP contribution in [0.1, 0.15) is 138 Å². The van der Waals surface area contributed by atoms with Crippen LogP contribution in [0.25, 0.3) is 67.8 Å². The first-order valence-electron chi connectivity index (χ1n) is 35.1. The Bertz CT molecular complexity index is 4120. The van der Waals surface area contributed by atoms with E-state index in [2.05, 4.69) is 90.5 Å². The van der Waals surface area contributed by atoms with Crippen molar-refractivity contribution in [2.45, 2.75) is 139 Å². The van der Waals surface area contributed by atoms with Crippen molar-refractivity contribution in [2.75, 3.05) is 54.6 Å². The van der Waals surface area contributed by atoms with E-state index in [-0.39, 0.29) is 59.6 Å². The highest BCUT2D eigenvalue weighted by molar-refractivity contribution is 5.89. The number of carbonyl (C=O) groups is 8. The highest BCUT2D eigenvalue weighted by atomic mass is 16.5. The number of imidazole rings is 4. The number of aromatic nitrogens is 12. The molecule has 0 unspecified atom stereocenters. The molecule has 104 heavy (non-hydrogen) atoms. The summed E-state index contributed by atoms with van der Waals surface area (Å²) in [6.07, 6.45) is 21.5. The average Bonchev–Trinajstić information content (AvgIpc) is 1.66. The molecule has 8 amide bonds. The first kappa shape index (κ1) is 70.8. The van der Waals surface area contributed by atoms with Gasteiger partial charge in [0.1, 0.15) is 47.5 Å². The number of benzene rings is 2. The molecule has 4 aliphatic heterocycles. The largest absolute Gasteiger partial charge is 0.453 e. The van der Waals surface area contributed by atoms with Crippen LogP contribution in [0, 0.1) is 11.8 Å². The van der Waals surface area contributed by atoms with Gasteiger partial charge in [-0.2, -0.15) is 0 Å². The van der Waals surface area contributed by atoms with Gasteiger partial charge in [0.05, 0.1) is 100 Å². The molecule has 6 fully saturated rings. The van der Waals surface area contributed by atoms with Gasteiger partial charge in [0.15, 0.2) is 11.6 Å². The summed E-state index contributed by atoms with van der Waals surface area (Å²) >= 11 is 0. The number of ether oxygens (including phenoxy) is 4. The molecule has 544 valence electrons. The third kappa shape index (κ3) is 15.7. The number of nitrogens with zero attached hydrogens (tertiary/aromatic N) is 12. The van der Waals surface area contributed by atoms with E-state index in [9.17, 15) is 38.4 Å². The molecule has 8 N–H and O–H groups in total. The maximum absolute atomic E-state index is 13.5. The minimum atomic E-state index is -0.724. The predicted octanol–water partition coefficient (Wildman–Crippen LogP) is 8.26. The van der Waals surface area contributed by atoms with Crippen LogP contribution in [0.4, 0.5) is 19.2 Å². The molecular weight excluding hydrogens is 1340 g/mol. The van der Waals surface area contributed by atoms with Crippen LogP contribution in [0.3, 0.4) is 0 Å². The Morgan fingerprint density at radius 3 is 0.885 bits per heavy atom. The van der Waals surface area contributed by atoms with Gasteiger partial charge in [-0.25, -0.2) is 59.0 Å². The minimum Gasteiger partial charge on any atom is -0.453 e. The van der Waals surface area contributed by atoms with Crippen molar-refractivity contribution in [3.05, 3.63) is 121 Å². The van der Waals surface area contributed by atoms with Crippen LogP contribution < -0.4 is 21.3 Å². The Kier molecular flexibility index (Phi) is 21.3. The summed E-state index contributed by atoms with van der Waals surface area (Å²) in [5.74, 6) is 3.58.